The Balaban J connectivity index is 0.00000261. The van der Waals surface area contributed by atoms with Crippen LogP contribution in [0.1, 0.15) is 19.4 Å². The van der Waals surface area contributed by atoms with Gasteiger partial charge < -0.3 is 15.4 Å². The molecular weight excluding hydrogens is 381 g/mol. The van der Waals surface area contributed by atoms with E-state index in [1.54, 1.807) is 13.3 Å². The summed E-state index contributed by atoms with van der Waals surface area (Å²) in [5, 5.41) is 8.68. The Bertz CT molecular complexity index is 900. The predicted octanol–water partition coefficient (Wildman–Crippen LogP) is 5.81. The quantitative estimate of drug-likeness (QED) is 0.520. The van der Waals surface area contributed by atoms with Crippen molar-refractivity contribution in [2.75, 3.05) is 19.0 Å². The molecule has 0 saturated heterocycles. The van der Waals surface area contributed by atoms with E-state index in [0.29, 0.717) is 10.9 Å². The summed E-state index contributed by atoms with van der Waals surface area (Å²) in [6.45, 7) is 6.13. The van der Waals surface area contributed by atoms with Gasteiger partial charge in [-0.15, -0.1) is 12.4 Å². The maximum absolute atomic E-state index is 6.07. The average Bonchev–Trinajstić information content (AvgIpc) is 2.61. The summed E-state index contributed by atoms with van der Waals surface area (Å²) in [6.07, 6.45) is 1.79. The fraction of sp³-hybridized carbons (Fsp3) is 0.286. The number of methoxy groups -OCH3 is 1. The van der Waals surface area contributed by atoms with Crippen molar-refractivity contribution in [2.24, 2.45) is 5.92 Å². The highest BCUT2D eigenvalue weighted by molar-refractivity contribution is 6.31. The maximum atomic E-state index is 6.07. The molecule has 0 spiro atoms. The number of ether oxygens (including phenoxy) is 1. The van der Waals surface area contributed by atoms with E-state index in [1.807, 2.05) is 36.4 Å². The third-order valence-electron chi connectivity index (χ3n) is 4.13. The second kappa shape index (κ2) is 9.79. The number of pyridine rings is 1. The number of anilines is 2. The number of hydrogen-bond donors (Lipinski definition) is 2. The molecule has 6 heteroatoms. The Morgan fingerprint density at radius 2 is 1.93 bits per heavy atom. The molecule has 1 aromatic heterocycles. The minimum Gasteiger partial charge on any atom is -0.496 e. The molecule has 0 aliphatic carbocycles. The number of halogens is 2. The molecule has 27 heavy (non-hydrogen) atoms. The predicted molar refractivity (Wildman–Crippen MR) is 117 cm³/mol. The van der Waals surface area contributed by atoms with Gasteiger partial charge in [0.25, 0.3) is 0 Å². The van der Waals surface area contributed by atoms with Gasteiger partial charge in [0, 0.05) is 40.1 Å². The zero-order valence-electron chi connectivity index (χ0n) is 15.8. The van der Waals surface area contributed by atoms with Gasteiger partial charge in [0.2, 0.25) is 0 Å². The van der Waals surface area contributed by atoms with E-state index >= 15 is 0 Å². The molecule has 0 unspecified atom stereocenters. The molecule has 0 aliphatic heterocycles. The number of rotatable bonds is 7. The van der Waals surface area contributed by atoms with Crippen LogP contribution in [-0.4, -0.2) is 18.6 Å². The lowest BCUT2D eigenvalue weighted by Gasteiger charge is -2.15. The molecule has 4 nitrogen and oxygen atoms in total. The second-order valence-corrected chi connectivity index (χ2v) is 7.13. The topological polar surface area (TPSA) is 46.2 Å². The van der Waals surface area contributed by atoms with E-state index in [9.17, 15) is 0 Å². The lowest BCUT2D eigenvalue weighted by Crippen LogP contribution is -2.19. The smallest absolute Gasteiger partial charge is 0.123 e. The van der Waals surface area contributed by atoms with E-state index < -0.39 is 0 Å². The first-order chi connectivity index (χ1) is 12.6. The van der Waals surface area contributed by atoms with Gasteiger partial charge in [-0.1, -0.05) is 25.4 Å². The molecule has 0 fully saturated rings. The molecule has 0 bridgehead atoms. The van der Waals surface area contributed by atoms with Gasteiger partial charge >= 0.3 is 0 Å². The van der Waals surface area contributed by atoms with Gasteiger partial charge in [-0.3, -0.25) is 4.98 Å². The number of aromatic nitrogens is 1. The molecule has 144 valence electrons. The number of fused-ring (bicyclic) bond motifs is 1. The van der Waals surface area contributed by atoms with Gasteiger partial charge in [0.05, 0.1) is 12.6 Å². The third kappa shape index (κ3) is 5.48. The van der Waals surface area contributed by atoms with Crippen LogP contribution >= 0.6 is 24.0 Å². The fourth-order valence-electron chi connectivity index (χ4n) is 2.88. The van der Waals surface area contributed by atoms with Crippen molar-refractivity contribution >= 4 is 46.3 Å². The van der Waals surface area contributed by atoms with Crippen LogP contribution in [0.2, 0.25) is 5.02 Å². The molecule has 2 N–H and O–H groups in total. The van der Waals surface area contributed by atoms with Crippen molar-refractivity contribution in [2.45, 2.75) is 20.4 Å². The summed E-state index contributed by atoms with van der Waals surface area (Å²) in [4.78, 5) is 4.39. The summed E-state index contributed by atoms with van der Waals surface area (Å²) in [6, 6.07) is 13.8. The van der Waals surface area contributed by atoms with Crippen molar-refractivity contribution in [3.05, 3.63) is 59.2 Å². The highest BCUT2D eigenvalue weighted by atomic mass is 35.5. The summed E-state index contributed by atoms with van der Waals surface area (Å²) >= 11 is 6.07. The third-order valence-corrected chi connectivity index (χ3v) is 4.37. The number of benzene rings is 2. The van der Waals surface area contributed by atoms with Crippen LogP contribution in [0.15, 0.2) is 48.7 Å². The Hall–Kier alpha value is -2.01. The number of hydrogen-bond acceptors (Lipinski definition) is 4. The van der Waals surface area contributed by atoms with Crippen molar-refractivity contribution in [1.82, 2.24) is 10.3 Å². The van der Waals surface area contributed by atoms with Gasteiger partial charge in [-0.05, 0) is 54.9 Å². The summed E-state index contributed by atoms with van der Waals surface area (Å²) in [5.74, 6) is 1.50. The zero-order chi connectivity index (χ0) is 18.5. The fourth-order valence-corrected chi connectivity index (χ4v) is 3.04. The Morgan fingerprint density at radius 1 is 1.11 bits per heavy atom. The summed E-state index contributed by atoms with van der Waals surface area (Å²) in [7, 11) is 1.70. The van der Waals surface area contributed by atoms with E-state index in [1.165, 1.54) is 0 Å². The molecule has 0 amide bonds. The number of nitrogens with zero attached hydrogens (tertiary/aromatic N) is 1. The van der Waals surface area contributed by atoms with Crippen LogP contribution in [0.4, 0.5) is 11.4 Å². The highest BCUT2D eigenvalue weighted by Crippen LogP contribution is 2.29. The molecule has 2 aromatic carbocycles. The van der Waals surface area contributed by atoms with Crippen molar-refractivity contribution in [3.8, 4) is 5.75 Å². The van der Waals surface area contributed by atoms with Crippen molar-refractivity contribution < 1.29 is 4.74 Å². The van der Waals surface area contributed by atoms with Crippen LogP contribution in [-0.2, 0) is 6.54 Å². The highest BCUT2D eigenvalue weighted by Gasteiger charge is 2.07. The normalized spacial score (nSPS) is 10.7. The SMILES string of the molecule is COc1ccc(Nc2ccnc3cc(Cl)ccc23)cc1CNCC(C)C.Cl. The first kappa shape index (κ1) is 21.3. The van der Waals surface area contributed by atoms with Gasteiger partial charge in [0.1, 0.15) is 5.75 Å². The van der Waals surface area contributed by atoms with Gasteiger partial charge in [-0.2, -0.15) is 0 Å². The molecule has 1 heterocycles. The van der Waals surface area contributed by atoms with E-state index in [-0.39, 0.29) is 12.4 Å². The lowest BCUT2D eigenvalue weighted by molar-refractivity contribution is 0.406. The van der Waals surface area contributed by atoms with Gasteiger partial charge in [0.15, 0.2) is 0 Å². The van der Waals surface area contributed by atoms with E-state index in [4.69, 9.17) is 16.3 Å². The van der Waals surface area contributed by atoms with Crippen LogP contribution < -0.4 is 15.4 Å². The minimum atomic E-state index is 0. The molecule has 0 aliphatic rings. The largest absolute Gasteiger partial charge is 0.496 e. The van der Waals surface area contributed by atoms with Crippen molar-refractivity contribution in [3.63, 3.8) is 0 Å². The molecule has 0 saturated carbocycles. The Labute approximate surface area is 171 Å². The minimum absolute atomic E-state index is 0. The van der Waals surface area contributed by atoms with Gasteiger partial charge in [-0.25, -0.2) is 0 Å². The zero-order valence-corrected chi connectivity index (χ0v) is 17.3. The van der Waals surface area contributed by atoms with Crippen molar-refractivity contribution in [1.29, 1.82) is 0 Å². The van der Waals surface area contributed by atoms with Crippen LogP contribution in [0.25, 0.3) is 10.9 Å². The summed E-state index contributed by atoms with van der Waals surface area (Å²) in [5.41, 5.74) is 4.00. The first-order valence-electron chi connectivity index (χ1n) is 8.75. The molecular formula is C21H25Cl2N3O. The van der Waals surface area contributed by atoms with E-state index in [0.717, 1.165) is 46.7 Å². The van der Waals surface area contributed by atoms with E-state index in [2.05, 4.69) is 35.5 Å². The monoisotopic (exact) mass is 405 g/mol. The van der Waals surface area contributed by atoms with Crippen LogP contribution in [0.5, 0.6) is 5.75 Å². The maximum Gasteiger partial charge on any atom is 0.123 e. The molecule has 0 radical (unpaired) electrons. The summed E-state index contributed by atoms with van der Waals surface area (Å²) < 4.78 is 5.50. The van der Waals surface area contributed by atoms with Crippen LogP contribution in [0, 0.1) is 5.92 Å². The van der Waals surface area contributed by atoms with Crippen LogP contribution in [0.3, 0.4) is 0 Å². The standard InChI is InChI=1S/C21H24ClN3O.ClH/c1-14(2)12-23-13-15-10-17(5-7-21(15)26-3)25-19-8-9-24-20-11-16(22)4-6-18(19)20;/h4-11,14,23H,12-13H2,1-3H3,(H,24,25);1H. The average molecular weight is 406 g/mol. The second-order valence-electron chi connectivity index (χ2n) is 6.70. The molecule has 0 atom stereocenters. The Morgan fingerprint density at radius 3 is 2.67 bits per heavy atom. The Kier molecular flexibility index (Phi) is 7.72. The lowest BCUT2D eigenvalue weighted by atomic mass is 10.1. The number of nitrogens with one attached hydrogen (secondary N) is 2. The molecule has 3 rings (SSSR count). The first-order valence-corrected chi connectivity index (χ1v) is 9.13. The molecule has 3 aromatic rings.